The van der Waals surface area contributed by atoms with Gasteiger partial charge in [-0.05, 0) is 44.0 Å². The predicted molar refractivity (Wildman–Crippen MR) is 71.4 cm³/mol. The minimum absolute atomic E-state index is 0.0293. The van der Waals surface area contributed by atoms with E-state index in [-0.39, 0.29) is 18.2 Å². The van der Waals surface area contributed by atoms with Crippen molar-refractivity contribution < 1.29 is 17.9 Å². The average molecular weight is 287 g/mol. The maximum atomic E-state index is 12.6. The molecule has 0 aromatic heterocycles. The van der Waals surface area contributed by atoms with Crippen molar-refractivity contribution >= 4 is 0 Å². The molecule has 20 heavy (non-hydrogen) atoms. The molecule has 1 aliphatic rings. The molecule has 2 nitrogen and oxygen atoms in total. The maximum absolute atomic E-state index is 12.6. The van der Waals surface area contributed by atoms with Crippen molar-refractivity contribution in [2.75, 3.05) is 6.54 Å². The number of halogens is 3. The van der Waals surface area contributed by atoms with Crippen molar-refractivity contribution in [1.82, 2.24) is 5.32 Å². The number of rotatable bonds is 4. The van der Waals surface area contributed by atoms with Gasteiger partial charge in [0.15, 0.2) is 0 Å². The van der Waals surface area contributed by atoms with Crippen LogP contribution in [0.15, 0.2) is 24.3 Å². The highest BCUT2D eigenvalue weighted by molar-refractivity contribution is 5.27. The van der Waals surface area contributed by atoms with Crippen LogP contribution in [0.3, 0.4) is 0 Å². The summed E-state index contributed by atoms with van der Waals surface area (Å²) in [5.41, 5.74) is 0.233. The highest BCUT2D eigenvalue weighted by atomic mass is 19.4. The van der Waals surface area contributed by atoms with Gasteiger partial charge >= 0.3 is 6.18 Å². The van der Waals surface area contributed by atoms with Crippen LogP contribution in [0.5, 0.6) is 0 Å². The summed E-state index contributed by atoms with van der Waals surface area (Å²) in [7, 11) is 0. The van der Waals surface area contributed by atoms with Gasteiger partial charge in [0.1, 0.15) is 0 Å². The zero-order valence-electron chi connectivity index (χ0n) is 11.7. The quantitative estimate of drug-likeness (QED) is 0.906. The third-order valence-electron chi connectivity index (χ3n) is 3.66. The molecule has 1 heterocycles. The molecule has 0 radical (unpaired) electrons. The first kappa shape index (κ1) is 15.3. The van der Waals surface area contributed by atoms with Crippen molar-refractivity contribution in [3.63, 3.8) is 0 Å². The van der Waals surface area contributed by atoms with Crippen molar-refractivity contribution in [3.8, 4) is 0 Å². The van der Waals surface area contributed by atoms with E-state index in [0.29, 0.717) is 0 Å². The van der Waals surface area contributed by atoms with Crippen LogP contribution >= 0.6 is 0 Å². The van der Waals surface area contributed by atoms with Crippen molar-refractivity contribution in [2.45, 2.75) is 51.1 Å². The van der Waals surface area contributed by atoms with Crippen LogP contribution in [0, 0.1) is 0 Å². The first-order chi connectivity index (χ1) is 9.41. The van der Waals surface area contributed by atoms with E-state index in [9.17, 15) is 13.2 Å². The Balaban J connectivity index is 2.17. The van der Waals surface area contributed by atoms with Crippen molar-refractivity contribution in [1.29, 1.82) is 0 Å². The molecule has 1 fully saturated rings. The van der Waals surface area contributed by atoms with Crippen LogP contribution in [0.2, 0.25) is 0 Å². The second-order valence-electron chi connectivity index (χ2n) is 5.22. The van der Waals surface area contributed by atoms with Crippen LogP contribution in [0.25, 0.3) is 0 Å². The largest absolute Gasteiger partial charge is 0.416 e. The molecule has 0 bridgehead atoms. The molecule has 0 saturated carbocycles. The van der Waals surface area contributed by atoms with E-state index >= 15 is 0 Å². The fourth-order valence-corrected chi connectivity index (χ4v) is 2.64. The lowest BCUT2D eigenvalue weighted by Crippen LogP contribution is -2.32. The van der Waals surface area contributed by atoms with Crippen molar-refractivity contribution in [3.05, 3.63) is 35.4 Å². The number of nitrogens with one attached hydrogen (secondary N) is 1. The molecular weight excluding hydrogens is 267 g/mol. The summed E-state index contributed by atoms with van der Waals surface area (Å²) in [6.45, 7) is 4.76. The standard InChI is InChI=1S/C15H20F3NO/c1-3-19-14(13-9-4-10(2)20-13)11-5-7-12(8-6-11)15(16,17)18/h5-8,10,13-14,19H,3-4,9H2,1-2H3. The van der Waals surface area contributed by atoms with E-state index in [1.165, 1.54) is 0 Å². The van der Waals surface area contributed by atoms with Crippen LogP contribution in [-0.2, 0) is 10.9 Å². The number of benzene rings is 1. The molecule has 1 aliphatic heterocycles. The van der Waals surface area contributed by atoms with Gasteiger partial charge in [0.25, 0.3) is 0 Å². The summed E-state index contributed by atoms with van der Waals surface area (Å²) in [5.74, 6) is 0. The molecule has 1 N–H and O–H groups in total. The molecule has 2 rings (SSSR count). The molecule has 3 unspecified atom stereocenters. The number of alkyl halides is 3. The summed E-state index contributed by atoms with van der Waals surface area (Å²) < 4.78 is 43.6. The SMILES string of the molecule is CCNC(c1ccc(C(F)(F)F)cc1)C1CCC(C)O1. The van der Waals surface area contributed by atoms with Crippen LogP contribution in [0.4, 0.5) is 13.2 Å². The predicted octanol–water partition coefficient (Wildman–Crippen LogP) is 3.92. The third-order valence-corrected chi connectivity index (χ3v) is 3.66. The lowest BCUT2D eigenvalue weighted by atomic mass is 9.98. The monoisotopic (exact) mass is 287 g/mol. The molecule has 1 aromatic carbocycles. The zero-order chi connectivity index (χ0) is 14.8. The van der Waals surface area contributed by atoms with E-state index in [0.717, 1.165) is 37.1 Å². The molecule has 1 aromatic rings. The zero-order valence-corrected chi connectivity index (χ0v) is 11.7. The van der Waals surface area contributed by atoms with E-state index in [1.54, 1.807) is 12.1 Å². The summed E-state index contributed by atoms with van der Waals surface area (Å²) in [6.07, 6.45) is -2.12. The van der Waals surface area contributed by atoms with Gasteiger partial charge in [0.2, 0.25) is 0 Å². The summed E-state index contributed by atoms with van der Waals surface area (Å²) in [5, 5.41) is 3.31. The lowest BCUT2D eigenvalue weighted by molar-refractivity contribution is -0.137. The van der Waals surface area contributed by atoms with Crippen molar-refractivity contribution in [2.24, 2.45) is 0 Å². The van der Waals surface area contributed by atoms with E-state index < -0.39 is 11.7 Å². The molecule has 1 saturated heterocycles. The summed E-state index contributed by atoms with van der Waals surface area (Å²) in [4.78, 5) is 0. The minimum Gasteiger partial charge on any atom is -0.373 e. The first-order valence-corrected chi connectivity index (χ1v) is 6.97. The van der Waals surface area contributed by atoms with Gasteiger partial charge in [0.05, 0.1) is 23.8 Å². The summed E-state index contributed by atoms with van der Waals surface area (Å²) >= 11 is 0. The first-order valence-electron chi connectivity index (χ1n) is 6.97. The third kappa shape index (κ3) is 3.52. The normalized spacial score (nSPS) is 24.9. The Bertz CT molecular complexity index is 430. The average Bonchev–Trinajstić information content (AvgIpc) is 2.81. The van der Waals surface area contributed by atoms with Gasteiger partial charge in [0, 0.05) is 0 Å². The maximum Gasteiger partial charge on any atom is 0.416 e. The fourth-order valence-electron chi connectivity index (χ4n) is 2.64. The fraction of sp³-hybridized carbons (Fsp3) is 0.600. The van der Waals surface area contributed by atoms with Crippen LogP contribution < -0.4 is 5.32 Å². The molecular formula is C15H20F3NO. The Kier molecular flexibility index (Phi) is 4.70. The van der Waals surface area contributed by atoms with E-state index in [1.807, 2.05) is 13.8 Å². The van der Waals surface area contributed by atoms with Gasteiger partial charge in [-0.3, -0.25) is 0 Å². The van der Waals surface area contributed by atoms with Gasteiger partial charge < -0.3 is 10.1 Å². The molecule has 5 heteroatoms. The number of ether oxygens (including phenoxy) is 1. The van der Waals surface area contributed by atoms with Gasteiger partial charge in [-0.25, -0.2) is 0 Å². The highest BCUT2D eigenvalue weighted by Crippen LogP contribution is 2.33. The van der Waals surface area contributed by atoms with Gasteiger partial charge in [-0.2, -0.15) is 13.2 Å². The lowest BCUT2D eigenvalue weighted by Gasteiger charge is -2.25. The smallest absolute Gasteiger partial charge is 0.373 e. The minimum atomic E-state index is -4.29. The number of hydrogen-bond donors (Lipinski definition) is 1. The van der Waals surface area contributed by atoms with Crippen LogP contribution in [-0.4, -0.2) is 18.8 Å². The van der Waals surface area contributed by atoms with E-state index in [4.69, 9.17) is 4.74 Å². The Morgan fingerprint density at radius 1 is 1.25 bits per heavy atom. The van der Waals surface area contributed by atoms with Gasteiger partial charge in [-0.1, -0.05) is 19.1 Å². The Morgan fingerprint density at radius 2 is 1.90 bits per heavy atom. The molecule has 0 amide bonds. The topological polar surface area (TPSA) is 21.3 Å². The highest BCUT2D eigenvalue weighted by Gasteiger charge is 2.32. The Hall–Kier alpha value is -1.07. The molecule has 112 valence electrons. The second kappa shape index (κ2) is 6.14. The Labute approximate surface area is 117 Å². The van der Waals surface area contributed by atoms with Crippen LogP contribution in [0.1, 0.15) is 43.9 Å². The second-order valence-corrected chi connectivity index (χ2v) is 5.22. The number of likely N-dealkylation sites (N-methyl/N-ethyl adjacent to an activating group) is 1. The van der Waals surface area contributed by atoms with Gasteiger partial charge in [-0.15, -0.1) is 0 Å². The molecule has 0 spiro atoms. The molecule has 3 atom stereocenters. The summed E-state index contributed by atoms with van der Waals surface area (Å²) in [6, 6.07) is 5.31. The number of hydrogen-bond acceptors (Lipinski definition) is 2. The van der Waals surface area contributed by atoms with E-state index in [2.05, 4.69) is 5.32 Å². The molecule has 0 aliphatic carbocycles. The Morgan fingerprint density at radius 3 is 2.35 bits per heavy atom.